The lowest BCUT2D eigenvalue weighted by Crippen LogP contribution is -2.60. The highest BCUT2D eigenvalue weighted by Crippen LogP contribution is 2.47. The largest absolute Gasteiger partial charge is 0.463 e. The van der Waals surface area contributed by atoms with Gasteiger partial charge in [0.1, 0.15) is 24.9 Å². The molecule has 1 heterocycles. The zero-order chi connectivity index (χ0) is 26.3. The Hall–Kier alpha value is -3.55. The van der Waals surface area contributed by atoms with Crippen molar-refractivity contribution in [3.8, 4) is 0 Å². The van der Waals surface area contributed by atoms with Crippen molar-refractivity contribution in [3.63, 3.8) is 0 Å². The second-order valence-electron chi connectivity index (χ2n) is 9.24. The molecule has 0 radical (unpaired) electrons. The van der Waals surface area contributed by atoms with Crippen molar-refractivity contribution in [1.29, 1.82) is 0 Å². The van der Waals surface area contributed by atoms with Crippen LogP contribution in [0.15, 0.2) is 108 Å². The maximum absolute atomic E-state index is 14.0. The smallest absolute Gasteiger partial charge is 0.411 e. The van der Waals surface area contributed by atoms with Crippen molar-refractivity contribution >= 4 is 23.1 Å². The summed E-state index contributed by atoms with van der Waals surface area (Å²) in [6.45, 7) is 0.195. The molecule has 5 rings (SSSR count). The minimum Gasteiger partial charge on any atom is -0.463 e. The number of fused-ring (bicyclic) bond motifs is 1. The number of aliphatic imine (C=N–C) groups is 1. The summed E-state index contributed by atoms with van der Waals surface area (Å²) in [6, 6.07) is 29.2. The molecule has 3 aromatic rings. The number of thioether (sulfide) groups is 1. The number of morpholine rings is 1. The first kappa shape index (κ1) is 26.1. The number of rotatable bonds is 5. The molecule has 6 nitrogen and oxygen atoms in total. The summed E-state index contributed by atoms with van der Waals surface area (Å²) in [4.78, 5) is 20.1. The SMILES string of the molecule is CN=C(O[C@H]1C=CC[C@H]2[C@@H]1O[C@@H](c1ccccc1)[C@H](c1ccccc1)N2C(=O)OCc1ccccc1)SC. The Labute approximate surface area is 228 Å². The van der Waals surface area contributed by atoms with Crippen LogP contribution in [0.4, 0.5) is 4.79 Å². The van der Waals surface area contributed by atoms with Gasteiger partial charge in [0.15, 0.2) is 0 Å². The van der Waals surface area contributed by atoms with Gasteiger partial charge in [0, 0.05) is 7.05 Å². The van der Waals surface area contributed by atoms with Crippen LogP contribution in [0.3, 0.4) is 0 Å². The quantitative estimate of drug-likeness (QED) is 0.213. The first-order valence-electron chi connectivity index (χ1n) is 12.8. The summed E-state index contributed by atoms with van der Waals surface area (Å²) < 4.78 is 19.1. The molecule has 1 aliphatic heterocycles. The number of carbonyl (C=O) groups excluding carboxylic acids is 1. The molecule has 0 N–H and O–H groups in total. The molecule has 2 aliphatic rings. The summed E-state index contributed by atoms with van der Waals surface area (Å²) in [6.07, 6.45) is 5.05. The summed E-state index contributed by atoms with van der Waals surface area (Å²) >= 11 is 1.44. The molecule has 0 spiro atoms. The standard InChI is InChI=1S/C31H32N2O4S/c1-32-30(38-2)36-26-20-12-19-25-29(26)37-28(24-17-10-5-11-18-24)27(23-15-8-4-9-16-23)33(25)31(34)35-21-22-13-6-3-7-14-22/h3-18,20,25-29H,19,21H2,1-2H3/t25-,26-,27-,28-,29-/m0/s1. The molecule has 3 aromatic carbocycles. The maximum atomic E-state index is 14.0. The van der Waals surface area contributed by atoms with Crippen LogP contribution in [0.25, 0.3) is 0 Å². The molecule has 0 bridgehead atoms. The van der Waals surface area contributed by atoms with E-state index in [2.05, 4.69) is 11.1 Å². The van der Waals surface area contributed by atoms with E-state index in [1.54, 1.807) is 7.05 Å². The fraction of sp³-hybridized carbons (Fsp3) is 0.290. The third-order valence-corrected chi connectivity index (χ3v) is 7.56. The van der Waals surface area contributed by atoms with E-state index in [1.807, 2.05) is 108 Å². The van der Waals surface area contributed by atoms with Gasteiger partial charge in [-0.05, 0) is 35.4 Å². The van der Waals surface area contributed by atoms with Gasteiger partial charge in [-0.2, -0.15) is 0 Å². The number of nitrogens with zero attached hydrogens (tertiary/aromatic N) is 2. The van der Waals surface area contributed by atoms with E-state index in [0.29, 0.717) is 11.7 Å². The molecule has 0 saturated carbocycles. The Morgan fingerprint density at radius 2 is 1.61 bits per heavy atom. The predicted molar refractivity (Wildman–Crippen MR) is 151 cm³/mol. The highest BCUT2D eigenvalue weighted by molar-refractivity contribution is 8.12. The molecule has 1 saturated heterocycles. The Kier molecular flexibility index (Phi) is 8.46. The molecule has 1 amide bonds. The highest BCUT2D eigenvalue weighted by atomic mass is 32.2. The van der Waals surface area contributed by atoms with Crippen molar-refractivity contribution < 1.29 is 19.0 Å². The van der Waals surface area contributed by atoms with E-state index in [0.717, 1.165) is 16.7 Å². The minimum absolute atomic E-state index is 0.195. The highest BCUT2D eigenvalue weighted by Gasteiger charge is 2.51. The Morgan fingerprint density at radius 3 is 2.24 bits per heavy atom. The van der Waals surface area contributed by atoms with E-state index < -0.39 is 18.3 Å². The molecule has 196 valence electrons. The van der Waals surface area contributed by atoms with E-state index in [1.165, 1.54) is 11.8 Å². The van der Waals surface area contributed by atoms with Gasteiger partial charge in [0.25, 0.3) is 0 Å². The monoisotopic (exact) mass is 528 g/mol. The molecule has 38 heavy (non-hydrogen) atoms. The first-order valence-corrected chi connectivity index (χ1v) is 14.0. The number of benzene rings is 3. The average molecular weight is 529 g/mol. The van der Waals surface area contributed by atoms with Crippen molar-refractivity contribution in [2.45, 2.75) is 43.4 Å². The van der Waals surface area contributed by atoms with E-state index in [9.17, 15) is 4.79 Å². The Balaban J connectivity index is 1.55. The van der Waals surface area contributed by atoms with Gasteiger partial charge < -0.3 is 14.2 Å². The fourth-order valence-corrected chi connectivity index (χ4v) is 5.59. The molecule has 0 unspecified atom stereocenters. The average Bonchev–Trinajstić information content (AvgIpc) is 2.99. The third kappa shape index (κ3) is 5.64. The number of ether oxygens (including phenoxy) is 3. The molecular weight excluding hydrogens is 496 g/mol. The number of carbonyl (C=O) groups is 1. The second-order valence-corrected chi connectivity index (χ2v) is 10.00. The normalized spacial score (nSPS) is 24.9. The van der Waals surface area contributed by atoms with E-state index in [-0.39, 0.29) is 24.8 Å². The van der Waals surface area contributed by atoms with Gasteiger partial charge in [0.05, 0.1) is 12.1 Å². The summed E-state index contributed by atoms with van der Waals surface area (Å²) in [5.41, 5.74) is 2.92. The van der Waals surface area contributed by atoms with Crippen molar-refractivity contribution in [2.24, 2.45) is 4.99 Å². The lowest BCUT2D eigenvalue weighted by atomic mass is 9.85. The second kappa shape index (κ2) is 12.3. The van der Waals surface area contributed by atoms with Gasteiger partial charge in [-0.3, -0.25) is 4.90 Å². The number of amides is 1. The first-order chi connectivity index (χ1) is 18.7. The van der Waals surface area contributed by atoms with Crippen molar-refractivity contribution in [1.82, 2.24) is 4.90 Å². The summed E-state index contributed by atoms with van der Waals surface area (Å²) in [7, 11) is 1.71. The number of hydrogen-bond donors (Lipinski definition) is 0. The van der Waals surface area contributed by atoms with Crippen LogP contribution in [0.2, 0.25) is 0 Å². The Bertz CT molecular complexity index is 1250. The zero-order valence-corrected chi connectivity index (χ0v) is 22.4. The lowest BCUT2D eigenvalue weighted by molar-refractivity contribution is -0.173. The third-order valence-electron chi connectivity index (χ3n) is 6.93. The van der Waals surface area contributed by atoms with Crippen LogP contribution in [0.1, 0.15) is 35.3 Å². The Morgan fingerprint density at radius 1 is 0.974 bits per heavy atom. The molecule has 7 heteroatoms. The van der Waals surface area contributed by atoms with Crippen LogP contribution in [-0.4, -0.2) is 47.8 Å². The van der Waals surface area contributed by atoms with Gasteiger partial charge in [-0.15, -0.1) is 0 Å². The fourth-order valence-electron chi connectivity index (χ4n) is 5.20. The van der Waals surface area contributed by atoms with Gasteiger partial charge in [0.2, 0.25) is 5.23 Å². The van der Waals surface area contributed by atoms with Gasteiger partial charge in [-0.25, -0.2) is 9.79 Å². The van der Waals surface area contributed by atoms with E-state index in [4.69, 9.17) is 14.2 Å². The van der Waals surface area contributed by atoms with Crippen LogP contribution in [-0.2, 0) is 20.8 Å². The van der Waals surface area contributed by atoms with Crippen molar-refractivity contribution in [2.75, 3.05) is 13.3 Å². The van der Waals surface area contributed by atoms with Gasteiger partial charge >= 0.3 is 6.09 Å². The zero-order valence-electron chi connectivity index (χ0n) is 21.6. The minimum atomic E-state index is -0.418. The van der Waals surface area contributed by atoms with E-state index >= 15 is 0 Å². The van der Waals surface area contributed by atoms with Crippen LogP contribution < -0.4 is 0 Å². The molecule has 1 aliphatic carbocycles. The van der Waals surface area contributed by atoms with Crippen LogP contribution in [0.5, 0.6) is 0 Å². The van der Waals surface area contributed by atoms with Crippen LogP contribution >= 0.6 is 11.8 Å². The van der Waals surface area contributed by atoms with Crippen LogP contribution in [0, 0.1) is 0 Å². The molecule has 5 atom stereocenters. The summed E-state index contributed by atoms with van der Waals surface area (Å²) in [5, 5.41) is 0.573. The molecule has 0 aromatic heterocycles. The molecular formula is C31H32N2O4S. The summed E-state index contributed by atoms with van der Waals surface area (Å²) in [5.74, 6) is 0. The predicted octanol–water partition coefficient (Wildman–Crippen LogP) is 6.57. The molecule has 1 fully saturated rings. The topological polar surface area (TPSA) is 60.4 Å². The number of hydrogen-bond acceptors (Lipinski definition) is 6. The lowest BCUT2D eigenvalue weighted by Gasteiger charge is -2.51. The maximum Gasteiger partial charge on any atom is 0.411 e. The van der Waals surface area contributed by atoms with Crippen molar-refractivity contribution in [3.05, 3.63) is 120 Å². The van der Waals surface area contributed by atoms with Gasteiger partial charge in [-0.1, -0.05) is 109 Å².